The molecule has 3 aromatic rings. The van der Waals surface area contributed by atoms with E-state index in [4.69, 9.17) is 4.74 Å². The number of thioether (sulfide) groups is 1. The van der Waals surface area contributed by atoms with Gasteiger partial charge < -0.3 is 14.5 Å². The lowest BCUT2D eigenvalue weighted by Gasteiger charge is -2.36. The zero-order valence-corrected chi connectivity index (χ0v) is 25.8. The van der Waals surface area contributed by atoms with E-state index in [0.29, 0.717) is 47.5 Å². The van der Waals surface area contributed by atoms with Gasteiger partial charge in [-0.2, -0.15) is 0 Å². The maximum absolute atomic E-state index is 13.1. The summed E-state index contributed by atoms with van der Waals surface area (Å²) >= 11 is 7.97. The van der Waals surface area contributed by atoms with Gasteiger partial charge in [0.2, 0.25) is 5.91 Å². The number of piperazine rings is 1. The van der Waals surface area contributed by atoms with Crippen LogP contribution in [0, 0.1) is 6.92 Å². The molecule has 0 aliphatic carbocycles. The molecule has 2 aliphatic heterocycles. The molecule has 0 N–H and O–H groups in total. The van der Waals surface area contributed by atoms with Gasteiger partial charge in [-0.25, -0.2) is 0 Å². The highest BCUT2D eigenvalue weighted by Crippen LogP contribution is 2.38. The fraction of sp³-hybridized carbons (Fsp3) is 0.233. The first-order valence-corrected chi connectivity index (χ1v) is 15.2. The van der Waals surface area contributed by atoms with Crippen LogP contribution in [0.15, 0.2) is 80.6 Å². The molecule has 3 aromatic carbocycles. The summed E-state index contributed by atoms with van der Waals surface area (Å²) in [5, 5.41) is -0.441. The zero-order valence-electron chi connectivity index (χ0n) is 21.8. The molecule has 3 amide bonds. The summed E-state index contributed by atoms with van der Waals surface area (Å²) in [4.78, 5) is 44.0. The number of amides is 3. The fourth-order valence-corrected chi connectivity index (χ4v) is 6.81. The lowest BCUT2D eigenvalue weighted by atomic mass is 10.1. The average Bonchev–Trinajstić information content (AvgIpc) is 3.21. The van der Waals surface area contributed by atoms with Crippen LogP contribution in [0.5, 0.6) is 5.75 Å². The number of anilines is 1. The SMILES string of the molecule is Cc1ccc(COc2c(Br)cc(/C=C3/SC(=O)N(CC(=O)N4CCN(c5ccccc5)CC4)C3=O)cc2Br)cc1. The van der Waals surface area contributed by atoms with Crippen molar-refractivity contribution in [2.75, 3.05) is 37.6 Å². The number of para-hydroxylation sites is 1. The first-order chi connectivity index (χ1) is 19.3. The highest BCUT2D eigenvalue weighted by Gasteiger charge is 2.37. The second-order valence-electron chi connectivity index (χ2n) is 9.56. The van der Waals surface area contributed by atoms with E-state index in [2.05, 4.69) is 36.8 Å². The van der Waals surface area contributed by atoms with E-state index >= 15 is 0 Å². The number of carbonyl (C=O) groups is 3. The first kappa shape index (κ1) is 28.4. The van der Waals surface area contributed by atoms with Crippen molar-refractivity contribution in [2.24, 2.45) is 0 Å². The monoisotopic (exact) mass is 683 g/mol. The lowest BCUT2D eigenvalue weighted by Crippen LogP contribution is -2.51. The van der Waals surface area contributed by atoms with Crippen LogP contribution in [0.4, 0.5) is 10.5 Å². The second kappa shape index (κ2) is 12.6. The van der Waals surface area contributed by atoms with Gasteiger partial charge in [0.15, 0.2) is 0 Å². The molecule has 0 bridgehead atoms. The van der Waals surface area contributed by atoms with E-state index < -0.39 is 11.1 Å². The number of aryl methyl sites for hydroxylation is 1. The van der Waals surface area contributed by atoms with E-state index in [1.807, 2.05) is 73.7 Å². The van der Waals surface area contributed by atoms with Crippen molar-refractivity contribution in [3.8, 4) is 5.75 Å². The molecule has 0 unspecified atom stereocenters. The van der Waals surface area contributed by atoms with E-state index in [-0.39, 0.29) is 17.4 Å². The number of hydrogen-bond acceptors (Lipinski definition) is 6. The Balaban J connectivity index is 1.20. The number of carbonyl (C=O) groups excluding carboxylic acids is 3. The standard InChI is InChI=1S/C30H27Br2N3O4S/c1-20-7-9-21(10-8-20)19-39-28-24(31)15-22(16-25(28)32)17-26-29(37)35(30(38)40-26)18-27(36)34-13-11-33(12-14-34)23-5-3-2-4-6-23/h2-10,15-17H,11-14,18-19H2,1H3/b26-17+. The topological polar surface area (TPSA) is 70.2 Å². The largest absolute Gasteiger partial charge is 0.487 e. The van der Waals surface area contributed by atoms with Crippen molar-refractivity contribution in [1.29, 1.82) is 0 Å². The number of benzene rings is 3. The van der Waals surface area contributed by atoms with Crippen molar-refractivity contribution < 1.29 is 19.1 Å². The molecule has 2 fully saturated rings. The summed E-state index contributed by atoms with van der Waals surface area (Å²) in [5.74, 6) is -0.0427. The highest BCUT2D eigenvalue weighted by atomic mass is 79.9. The number of imide groups is 1. The molecule has 40 heavy (non-hydrogen) atoms. The summed E-state index contributed by atoms with van der Waals surface area (Å²) in [6.45, 7) is 4.67. The summed E-state index contributed by atoms with van der Waals surface area (Å²) in [6, 6.07) is 21.9. The molecule has 0 aromatic heterocycles. The maximum Gasteiger partial charge on any atom is 0.294 e. The summed E-state index contributed by atoms with van der Waals surface area (Å²) in [5.41, 5.74) is 4.07. The zero-order chi connectivity index (χ0) is 28.2. The van der Waals surface area contributed by atoms with Crippen LogP contribution in [-0.2, 0) is 16.2 Å². The second-order valence-corrected chi connectivity index (χ2v) is 12.3. The van der Waals surface area contributed by atoms with Gasteiger partial charge in [0.25, 0.3) is 11.1 Å². The molecule has 0 spiro atoms. The average molecular weight is 685 g/mol. The summed E-state index contributed by atoms with van der Waals surface area (Å²) in [7, 11) is 0. The van der Waals surface area contributed by atoms with E-state index in [9.17, 15) is 14.4 Å². The molecule has 0 atom stereocenters. The van der Waals surface area contributed by atoms with Crippen LogP contribution in [0.3, 0.4) is 0 Å². The molecule has 0 radical (unpaired) electrons. The molecule has 2 heterocycles. The van der Waals surface area contributed by atoms with Crippen LogP contribution in [0.25, 0.3) is 6.08 Å². The Bertz CT molecular complexity index is 1430. The van der Waals surface area contributed by atoms with Crippen molar-refractivity contribution in [1.82, 2.24) is 9.80 Å². The molecule has 2 aliphatic rings. The summed E-state index contributed by atoms with van der Waals surface area (Å²) in [6.07, 6.45) is 1.66. The first-order valence-electron chi connectivity index (χ1n) is 12.8. The molecule has 206 valence electrons. The van der Waals surface area contributed by atoms with E-state index in [0.717, 1.165) is 33.5 Å². The molecule has 7 nitrogen and oxygen atoms in total. The number of halogens is 2. The highest BCUT2D eigenvalue weighted by molar-refractivity contribution is 9.11. The minimum absolute atomic E-state index is 0.225. The molecule has 2 saturated heterocycles. The lowest BCUT2D eigenvalue weighted by molar-refractivity contribution is -0.136. The van der Waals surface area contributed by atoms with Gasteiger partial charge in [-0.05, 0) is 92.0 Å². The predicted octanol–water partition coefficient (Wildman–Crippen LogP) is 6.48. The van der Waals surface area contributed by atoms with E-state index in [1.165, 1.54) is 5.56 Å². The van der Waals surface area contributed by atoms with Crippen molar-refractivity contribution in [3.05, 3.63) is 97.3 Å². The van der Waals surface area contributed by atoms with Crippen molar-refractivity contribution in [2.45, 2.75) is 13.5 Å². The smallest absolute Gasteiger partial charge is 0.294 e. The van der Waals surface area contributed by atoms with Gasteiger partial charge in [0.05, 0.1) is 13.9 Å². The van der Waals surface area contributed by atoms with Gasteiger partial charge in [-0.15, -0.1) is 0 Å². The maximum atomic E-state index is 13.1. The number of hydrogen-bond donors (Lipinski definition) is 0. The van der Waals surface area contributed by atoms with Crippen LogP contribution in [-0.4, -0.2) is 59.6 Å². The van der Waals surface area contributed by atoms with Crippen molar-refractivity contribution >= 4 is 72.4 Å². The third-order valence-corrected chi connectivity index (χ3v) is 8.83. The van der Waals surface area contributed by atoms with E-state index in [1.54, 1.807) is 11.0 Å². The molecule has 10 heteroatoms. The third kappa shape index (κ3) is 6.62. The van der Waals surface area contributed by atoms with Crippen LogP contribution >= 0.6 is 43.6 Å². The number of ether oxygens (including phenoxy) is 1. The number of nitrogens with zero attached hydrogens (tertiary/aromatic N) is 3. The van der Waals surface area contributed by atoms with Gasteiger partial charge in [0.1, 0.15) is 18.9 Å². The minimum atomic E-state index is -0.460. The van der Waals surface area contributed by atoms with Gasteiger partial charge in [0, 0.05) is 31.9 Å². The normalized spacial score (nSPS) is 16.7. The van der Waals surface area contributed by atoms with Gasteiger partial charge in [-0.1, -0.05) is 48.0 Å². The van der Waals surface area contributed by atoms with Crippen LogP contribution in [0.1, 0.15) is 16.7 Å². The van der Waals surface area contributed by atoms with Gasteiger partial charge >= 0.3 is 0 Å². The Morgan fingerprint density at radius 2 is 1.60 bits per heavy atom. The Hall–Kier alpha value is -3.08. The fourth-order valence-electron chi connectivity index (χ4n) is 4.52. The minimum Gasteiger partial charge on any atom is -0.487 e. The molecule has 0 saturated carbocycles. The Morgan fingerprint density at radius 1 is 0.950 bits per heavy atom. The molecular weight excluding hydrogens is 658 g/mol. The number of rotatable bonds is 7. The molecular formula is C30H27Br2N3O4S. The van der Waals surface area contributed by atoms with Crippen molar-refractivity contribution in [3.63, 3.8) is 0 Å². The van der Waals surface area contributed by atoms with Crippen LogP contribution in [0.2, 0.25) is 0 Å². The summed E-state index contributed by atoms with van der Waals surface area (Å²) < 4.78 is 7.44. The predicted molar refractivity (Wildman–Crippen MR) is 165 cm³/mol. The third-order valence-electron chi connectivity index (χ3n) is 6.74. The van der Waals surface area contributed by atoms with Crippen LogP contribution < -0.4 is 9.64 Å². The Kier molecular flexibility index (Phi) is 8.97. The van der Waals surface area contributed by atoms with Gasteiger partial charge in [-0.3, -0.25) is 19.3 Å². The quantitative estimate of drug-likeness (QED) is 0.265. The molecule has 5 rings (SSSR count). The Morgan fingerprint density at radius 3 is 2.25 bits per heavy atom. The Labute approximate surface area is 254 Å².